The topological polar surface area (TPSA) is 70.1 Å². The fraction of sp³-hybridized carbons (Fsp3) is 0.286. The molecule has 0 spiro atoms. The Labute approximate surface area is 119 Å². The number of nitrogens with zero attached hydrogens (tertiary/aromatic N) is 2. The molecule has 1 unspecified atom stereocenters. The molecule has 0 saturated heterocycles. The van der Waals surface area contributed by atoms with Crippen LogP contribution in [-0.4, -0.2) is 27.7 Å². The molecule has 1 aromatic heterocycles. The molecule has 1 atom stereocenters. The molecule has 1 aliphatic heterocycles. The zero-order valence-electron chi connectivity index (χ0n) is 11.3. The van der Waals surface area contributed by atoms with E-state index in [1.165, 1.54) is 17.0 Å². The van der Waals surface area contributed by atoms with E-state index in [-0.39, 0.29) is 12.2 Å². The molecule has 2 N–H and O–H groups in total. The number of imidazole rings is 1. The van der Waals surface area contributed by atoms with E-state index in [9.17, 15) is 13.6 Å². The number of carbonyl (C=O) groups is 1. The third-order valence-electron chi connectivity index (χ3n) is 3.53. The van der Waals surface area contributed by atoms with Gasteiger partial charge in [0.05, 0.1) is 11.4 Å². The summed E-state index contributed by atoms with van der Waals surface area (Å²) in [5, 5.41) is 0. The lowest BCUT2D eigenvalue weighted by Crippen LogP contribution is -2.45. The third kappa shape index (κ3) is 2.19. The molecule has 1 aliphatic rings. The summed E-state index contributed by atoms with van der Waals surface area (Å²) in [7, 11) is 0. The van der Waals surface area contributed by atoms with Gasteiger partial charge in [0.15, 0.2) is 17.3 Å². The van der Waals surface area contributed by atoms with Gasteiger partial charge in [-0.3, -0.25) is 4.57 Å². The maximum absolute atomic E-state index is 13.3. The maximum atomic E-state index is 13.3. The Morgan fingerprint density at radius 3 is 2.86 bits per heavy atom. The highest BCUT2D eigenvalue weighted by Crippen LogP contribution is 2.28. The smallest absolute Gasteiger partial charge is 0.357 e. The van der Waals surface area contributed by atoms with Gasteiger partial charge in [0.2, 0.25) is 0 Å². The minimum atomic E-state index is -0.995. The Balaban J connectivity index is 2.08. The number of fused-ring (bicyclic) bond motifs is 1. The van der Waals surface area contributed by atoms with Gasteiger partial charge in [-0.1, -0.05) is 0 Å². The van der Waals surface area contributed by atoms with Gasteiger partial charge >= 0.3 is 5.97 Å². The molecular weight excluding hydrogens is 280 g/mol. The van der Waals surface area contributed by atoms with E-state index in [1.807, 2.05) is 0 Å². The summed E-state index contributed by atoms with van der Waals surface area (Å²) in [6.07, 6.45) is 1.77. The van der Waals surface area contributed by atoms with Crippen molar-refractivity contribution in [3.05, 3.63) is 47.5 Å². The van der Waals surface area contributed by atoms with Crippen molar-refractivity contribution in [3.63, 3.8) is 0 Å². The molecule has 110 valence electrons. The second-order valence-corrected chi connectivity index (χ2v) is 5.23. The van der Waals surface area contributed by atoms with Crippen LogP contribution in [0.1, 0.15) is 23.1 Å². The largest absolute Gasteiger partial charge is 0.453 e. The zero-order chi connectivity index (χ0) is 15.2. The lowest BCUT2D eigenvalue weighted by Gasteiger charge is -2.31. The first-order valence-corrected chi connectivity index (χ1v) is 6.38. The molecule has 3 rings (SSSR count). The first-order chi connectivity index (χ1) is 9.93. The van der Waals surface area contributed by atoms with Crippen LogP contribution in [0.3, 0.4) is 0 Å². The Morgan fingerprint density at radius 1 is 1.43 bits per heavy atom. The molecule has 0 saturated carbocycles. The predicted octanol–water partition coefficient (Wildman–Crippen LogP) is 1.58. The molecule has 5 nitrogen and oxygen atoms in total. The highest BCUT2D eigenvalue weighted by molar-refractivity contribution is 5.91. The van der Waals surface area contributed by atoms with E-state index in [2.05, 4.69) is 4.98 Å². The Kier molecular flexibility index (Phi) is 3.02. The molecule has 0 radical (unpaired) electrons. The molecule has 1 aromatic carbocycles. The first-order valence-electron chi connectivity index (χ1n) is 6.38. The average molecular weight is 293 g/mol. The van der Waals surface area contributed by atoms with Crippen LogP contribution in [0.4, 0.5) is 8.78 Å². The van der Waals surface area contributed by atoms with Crippen LogP contribution in [0.2, 0.25) is 0 Å². The van der Waals surface area contributed by atoms with Crippen LogP contribution in [0, 0.1) is 11.6 Å². The molecule has 0 fully saturated rings. The summed E-state index contributed by atoms with van der Waals surface area (Å²) in [5.74, 6) is -2.52. The lowest BCUT2D eigenvalue weighted by molar-refractivity contribution is -0.0125. The number of ether oxygens (including phenoxy) is 1. The van der Waals surface area contributed by atoms with Crippen molar-refractivity contribution in [3.8, 4) is 5.69 Å². The maximum Gasteiger partial charge on any atom is 0.357 e. The molecule has 0 bridgehead atoms. The number of aromatic nitrogens is 2. The van der Waals surface area contributed by atoms with Crippen molar-refractivity contribution in [2.24, 2.45) is 5.73 Å². The van der Waals surface area contributed by atoms with Crippen molar-refractivity contribution in [2.75, 3.05) is 6.54 Å². The van der Waals surface area contributed by atoms with Crippen LogP contribution >= 0.6 is 0 Å². The molecule has 21 heavy (non-hydrogen) atoms. The minimum Gasteiger partial charge on any atom is -0.453 e. The van der Waals surface area contributed by atoms with E-state index in [0.717, 1.165) is 12.1 Å². The monoisotopic (exact) mass is 293 g/mol. The van der Waals surface area contributed by atoms with E-state index in [1.54, 1.807) is 6.92 Å². The summed E-state index contributed by atoms with van der Waals surface area (Å²) in [6.45, 7) is 1.90. The van der Waals surface area contributed by atoms with Crippen LogP contribution in [0.15, 0.2) is 24.5 Å². The zero-order valence-corrected chi connectivity index (χ0v) is 11.3. The van der Waals surface area contributed by atoms with Crippen molar-refractivity contribution in [2.45, 2.75) is 18.9 Å². The van der Waals surface area contributed by atoms with Gasteiger partial charge in [0, 0.05) is 19.0 Å². The van der Waals surface area contributed by atoms with Gasteiger partial charge in [-0.15, -0.1) is 0 Å². The Bertz CT molecular complexity index is 729. The highest BCUT2D eigenvalue weighted by Gasteiger charge is 2.38. The summed E-state index contributed by atoms with van der Waals surface area (Å²) < 4.78 is 33.1. The first kappa shape index (κ1) is 13.7. The van der Waals surface area contributed by atoms with E-state index < -0.39 is 23.2 Å². The number of hydrogen-bond donors (Lipinski definition) is 1. The molecular formula is C14H13F2N3O2. The Hall–Kier alpha value is -2.28. The van der Waals surface area contributed by atoms with Gasteiger partial charge in [-0.05, 0) is 19.1 Å². The van der Waals surface area contributed by atoms with Crippen molar-refractivity contribution in [1.29, 1.82) is 0 Å². The van der Waals surface area contributed by atoms with Crippen LogP contribution in [-0.2, 0) is 11.2 Å². The molecule has 2 aromatic rings. The summed E-state index contributed by atoms with van der Waals surface area (Å²) in [4.78, 5) is 16.3. The number of hydrogen-bond acceptors (Lipinski definition) is 4. The summed E-state index contributed by atoms with van der Waals surface area (Å²) in [6, 6.07) is 3.36. The van der Waals surface area contributed by atoms with E-state index in [4.69, 9.17) is 10.5 Å². The number of rotatable bonds is 2. The van der Waals surface area contributed by atoms with Gasteiger partial charge in [0.25, 0.3) is 0 Å². The number of nitrogens with two attached hydrogens (primary N) is 1. The fourth-order valence-electron chi connectivity index (χ4n) is 2.34. The number of halogens is 2. The second-order valence-electron chi connectivity index (χ2n) is 5.23. The highest BCUT2D eigenvalue weighted by atomic mass is 19.2. The lowest BCUT2D eigenvalue weighted by atomic mass is 9.96. The Morgan fingerprint density at radius 2 is 2.19 bits per heavy atom. The number of benzene rings is 1. The quantitative estimate of drug-likeness (QED) is 0.853. The van der Waals surface area contributed by atoms with Crippen LogP contribution in [0.25, 0.3) is 5.69 Å². The summed E-state index contributed by atoms with van der Waals surface area (Å²) in [5.41, 5.74) is 5.86. The summed E-state index contributed by atoms with van der Waals surface area (Å²) >= 11 is 0. The van der Waals surface area contributed by atoms with Gasteiger partial charge in [-0.25, -0.2) is 18.6 Å². The van der Waals surface area contributed by atoms with Gasteiger partial charge in [-0.2, -0.15) is 0 Å². The van der Waals surface area contributed by atoms with Crippen molar-refractivity contribution >= 4 is 5.97 Å². The molecule has 2 heterocycles. The van der Waals surface area contributed by atoms with E-state index >= 15 is 0 Å². The van der Waals surface area contributed by atoms with Crippen molar-refractivity contribution < 1.29 is 18.3 Å². The van der Waals surface area contributed by atoms with Crippen LogP contribution in [0.5, 0.6) is 0 Å². The average Bonchev–Trinajstić information content (AvgIpc) is 2.85. The van der Waals surface area contributed by atoms with Gasteiger partial charge in [0.1, 0.15) is 11.9 Å². The molecule has 7 heteroatoms. The van der Waals surface area contributed by atoms with Crippen molar-refractivity contribution in [1.82, 2.24) is 9.55 Å². The van der Waals surface area contributed by atoms with Gasteiger partial charge < -0.3 is 10.5 Å². The van der Waals surface area contributed by atoms with E-state index in [0.29, 0.717) is 17.8 Å². The number of cyclic esters (lactones) is 1. The second kappa shape index (κ2) is 4.63. The number of esters is 1. The predicted molar refractivity (Wildman–Crippen MR) is 70.1 cm³/mol. The normalized spacial score (nSPS) is 21.0. The SMILES string of the molecule is CC1(CN)Cc2ncn(-c3ccc(F)c(F)c3)c2C(=O)O1. The molecule has 0 aliphatic carbocycles. The fourth-order valence-corrected chi connectivity index (χ4v) is 2.34. The molecule has 0 amide bonds. The number of carbonyl (C=O) groups excluding carboxylic acids is 1. The minimum absolute atomic E-state index is 0.177. The third-order valence-corrected chi connectivity index (χ3v) is 3.53. The van der Waals surface area contributed by atoms with Crippen LogP contribution < -0.4 is 5.73 Å². The standard InChI is InChI=1S/C14H13F2N3O2/c1-14(6-17)5-11-12(13(20)21-14)19(7-18-11)8-2-3-9(15)10(16)4-8/h2-4,7H,5-6,17H2,1H3.